The highest BCUT2D eigenvalue weighted by Gasteiger charge is 2.33. The molecule has 0 bridgehead atoms. The second-order valence-electron chi connectivity index (χ2n) is 9.19. The molecule has 0 spiro atoms. The van der Waals surface area contributed by atoms with Gasteiger partial charge < -0.3 is 9.47 Å². The lowest BCUT2D eigenvalue weighted by atomic mass is 9.95. The van der Waals surface area contributed by atoms with Crippen LogP contribution in [0.15, 0.2) is 92.3 Å². The lowest BCUT2D eigenvalue weighted by molar-refractivity contribution is -0.386. The van der Waals surface area contributed by atoms with E-state index < -0.39 is 16.9 Å². The second kappa shape index (κ2) is 12.4. The zero-order valence-electron chi connectivity index (χ0n) is 22.4. The van der Waals surface area contributed by atoms with E-state index in [-0.39, 0.29) is 23.6 Å². The van der Waals surface area contributed by atoms with Crippen molar-refractivity contribution < 1.29 is 19.2 Å². The van der Waals surface area contributed by atoms with Gasteiger partial charge in [0.25, 0.3) is 5.56 Å². The number of esters is 1. The van der Waals surface area contributed by atoms with Crippen molar-refractivity contribution in [2.45, 2.75) is 26.0 Å². The van der Waals surface area contributed by atoms with Gasteiger partial charge in [0.2, 0.25) is 5.75 Å². The molecule has 1 atom stereocenters. The fourth-order valence-corrected chi connectivity index (χ4v) is 6.48. The van der Waals surface area contributed by atoms with E-state index in [1.807, 2.05) is 37.3 Å². The number of fused-ring (bicyclic) bond motifs is 1. The second-order valence-corrected chi connectivity index (χ2v) is 11.5. The van der Waals surface area contributed by atoms with Gasteiger partial charge in [-0.15, -0.1) is 0 Å². The maximum Gasteiger partial charge on any atom is 0.338 e. The molecule has 1 aliphatic rings. The number of nitrogens with zero attached hydrogens (tertiary/aromatic N) is 3. The van der Waals surface area contributed by atoms with Gasteiger partial charge in [0, 0.05) is 16.7 Å². The van der Waals surface area contributed by atoms with Crippen LogP contribution in [0.4, 0.5) is 5.69 Å². The summed E-state index contributed by atoms with van der Waals surface area (Å²) in [4.78, 5) is 43.3. The predicted octanol–water partition coefficient (Wildman–Crippen LogP) is 5.70. The van der Waals surface area contributed by atoms with Crippen LogP contribution in [0.2, 0.25) is 5.02 Å². The molecule has 0 N–H and O–H groups in total. The van der Waals surface area contributed by atoms with Crippen LogP contribution in [-0.2, 0) is 16.1 Å². The molecule has 5 rings (SSSR count). The Hall–Kier alpha value is -4.06. The van der Waals surface area contributed by atoms with Crippen LogP contribution < -0.4 is 19.6 Å². The van der Waals surface area contributed by atoms with Gasteiger partial charge in [-0.3, -0.25) is 19.5 Å². The Morgan fingerprint density at radius 1 is 1.19 bits per heavy atom. The molecule has 1 aliphatic heterocycles. The highest BCUT2D eigenvalue weighted by Crippen LogP contribution is 2.38. The van der Waals surface area contributed by atoms with E-state index in [1.165, 1.54) is 17.7 Å². The van der Waals surface area contributed by atoms with E-state index in [9.17, 15) is 19.7 Å². The number of nitro groups is 1. The molecule has 3 aromatic carbocycles. The summed E-state index contributed by atoms with van der Waals surface area (Å²) >= 11 is 10.7. The lowest BCUT2D eigenvalue weighted by Crippen LogP contribution is -2.40. The standard InChI is InChI=1S/C30H23BrClN3O6S/c1-3-22-25(29(37)40-2)26(18-9-5-4-6-10-18)34-28(36)24(42-30(34)33-22)15-17-13-20(31)27(23(14-17)35(38)39)41-16-19-11-7-8-12-21(19)32/h4-15,26H,3,16H2,1-2H3/b24-15+/t26-/m0/s1. The molecule has 1 aromatic heterocycles. The van der Waals surface area contributed by atoms with Crippen molar-refractivity contribution in [1.82, 2.24) is 4.57 Å². The van der Waals surface area contributed by atoms with Gasteiger partial charge in [-0.05, 0) is 51.7 Å². The van der Waals surface area contributed by atoms with E-state index >= 15 is 0 Å². The number of aromatic nitrogens is 1. The Bertz CT molecular complexity index is 1920. The van der Waals surface area contributed by atoms with Gasteiger partial charge >= 0.3 is 11.7 Å². The molecule has 0 aliphatic carbocycles. The van der Waals surface area contributed by atoms with Gasteiger partial charge in [0.05, 0.1) is 38.4 Å². The number of ether oxygens (including phenoxy) is 2. The molecule has 2 heterocycles. The first-order chi connectivity index (χ1) is 20.2. The monoisotopic (exact) mass is 667 g/mol. The van der Waals surface area contributed by atoms with E-state index in [0.717, 1.165) is 16.9 Å². The van der Waals surface area contributed by atoms with Crippen molar-refractivity contribution in [3.8, 4) is 5.75 Å². The topological polar surface area (TPSA) is 113 Å². The number of rotatable bonds is 8. The van der Waals surface area contributed by atoms with Crippen molar-refractivity contribution in [2.24, 2.45) is 4.99 Å². The van der Waals surface area contributed by atoms with Gasteiger partial charge in [-0.1, -0.05) is 78.4 Å². The van der Waals surface area contributed by atoms with Crippen molar-refractivity contribution in [3.05, 3.63) is 134 Å². The minimum absolute atomic E-state index is 0.0266. The number of hydrogen-bond donors (Lipinski definition) is 0. The van der Waals surface area contributed by atoms with E-state index in [4.69, 9.17) is 21.1 Å². The molecule has 0 radical (unpaired) electrons. The van der Waals surface area contributed by atoms with Crippen LogP contribution in [0.1, 0.15) is 36.1 Å². The van der Waals surface area contributed by atoms with Crippen LogP contribution in [0.25, 0.3) is 6.08 Å². The van der Waals surface area contributed by atoms with E-state index in [2.05, 4.69) is 20.9 Å². The maximum atomic E-state index is 13.8. The van der Waals surface area contributed by atoms with Crippen molar-refractivity contribution in [1.29, 1.82) is 0 Å². The molecule has 0 saturated heterocycles. The van der Waals surface area contributed by atoms with E-state index in [1.54, 1.807) is 36.4 Å². The number of nitro benzene ring substituents is 1. The summed E-state index contributed by atoms with van der Waals surface area (Å²) in [6.45, 7) is 1.91. The molecule has 0 saturated carbocycles. The minimum atomic E-state index is -0.742. The van der Waals surface area contributed by atoms with Gasteiger partial charge in [-0.25, -0.2) is 9.79 Å². The normalized spacial score (nSPS) is 14.8. The third-order valence-corrected chi connectivity index (χ3v) is 8.58. The first kappa shape index (κ1) is 29.4. The minimum Gasteiger partial charge on any atom is -0.481 e. The third kappa shape index (κ3) is 5.67. The quantitative estimate of drug-likeness (QED) is 0.135. The molecule has 42 heavy (non-hydrogen) atoms. The first-order valence-corrected chi connectivity index (χ1v) is 14.7. The van der Waals surface area contributed by atoms with Crippen LogP contribution in [0.3, 0.4) is 0 Å². The zero-order valence-corrected chi connectivity index (χ0v) is 25.5. The third-order valence-electron chi connectivity index (χ3n) is 6.64. The fraction of sp³-hybridized carbons (Fsp3) is 0.167. The summed E-state index contributed by atoms with van der Waals surface area (Å²) in [6, 6.07) is 18.5. The van der Waals surface area contributed by atoms with Crippen molar-refractivity contribution in [3.63, 3.8) is 0 Å². The number of thiazole rings is 1. The smallest absolute Gasteiger partial charge is 0.338 e. The average Bonchev–Trinajstić information content (AvgIpc) is 3.30. The van der Waals surface area contributed by atoms with Crippen LogP contribution in [0.5, 0.6) is 5.75 Å². The van der Waals surface area contributed by atoms with Gasteiger partial charge in [0.15, 0.2) is 4.80 Å². The SMILES string of the molecule is CCC1=C(C(=O)OC)[C@H](c2ccccc2)n2c(s/c(=C/c3cc(Br)c(OCc4ccccc4Cl)c([N+](=O)[O-])c3)c2=O)=N1. The number of methoxy groups -OCH3 is 1. The summed E-state index contributed by atoms with van der Waals surface area (Å²) < 4.78 is 13.0. The summed E-state index contributed by atoms with van der Waals surface area (Å²) in [7, 11) is 1.29. The van der Waals surface area contributed by atoms with Crippen LogP contribution in [0, 0.1) is 10.1 Å². The predicted molar refractivity (Wildman–Crippen MR) is 163 cm³/mol. The Morgan fingerprint density at radius 3 is 2.57 bits per heavy atom. The first-order valence-electron chi connectivity index (χ1n) is 12.8. The highest BCUT2D eigenvalue weighted by atomic mass is 79.9. The zero-order chi connectivity index (χ0) is 30.0. The summed E-state index contributed by atoms with van der Waals surface area (Å²) in [5.74, 6) is -0.524. The van der Waals surface area contributed by atoms with Crippen LogP contribution in [-0.4, -0.2) is 22.6 Å². The molecule has 214 valence electrons. The fourth-order valence-electron chi connectivity index (χ4n) is 4.69. The van der Waals surface area contributed by atoms with Gasteiger partial charge in [-0.2, -0.15) is 0 Å². The largest absolute Gasteiger partial charge is 0.481 e. The number of halogens is 2. The molecule has 0 unspecified atom stereocenters. The number of benzene rings is 3. The summed E-state index contributed by atoms with van der Waals surface area (Å²) in [5, 5.41) is 12.5. The molecule has 4 aromatic rings. The molecule has 0 amide bonds. The number of carbonyl (C=O) groups is 1. The number of carbonyl (C=O) groups excluding carboxylic acids is 1. The Morgan fingerprint density at radius 2 is 1.90 bits per heavy atom. The molecular formula is C30H23BrClN3O6S. The molecule has 0 fully saturated rings. The Kier molecular flexibility index (Phi) is 8.72. The number of allylic oxidation sites excluding steroid dienone is 1. The van der Waals surface area contributed by atoms with Gasteiger partial charge in [0.1, 0.15) is 6.61 Å². The average molecular weight is 669 g/mol. The number of hydrogen-bond acceptors (Lipinski definition) is 8. The highest BCUT2D eigenvalue weighted by molar-refractivity contribution is 9.10. The molecule has 9 nitrogen and oxygen atoms in total. The summed E-state index contributed by atoms with van der Waals surface area (Å²) in [6.07, 6.45) is 2.02. The van der Waals surface area contributed by atoms with Crippen LogP contribution >= 0.6 is 38.9 Å². The molecule has 12 heteroatoms. The summed E-state index contributed by atoms with van der Waals surface area (Å²) in [5.41, 5.74) is 1.97. The van der Waals surface area contributed by atoms with Crippen molar-refractivity contribution >= 4 is 56.6 Å². The Balaban J connectivity index is 1.62. The molecular weight excluding hydrogens is 646 g/mol. The Labute approximate surface area is 257 Å². The lowest BCUT2D eigenvalue weighted by Gasteiger charge is -2.25. The maximum absolute atomic E-state index is 13.8. The van der Waals surface area contributed by atoms with E-state index in [0.29, 0.717) is 47.6 Å². The van der Waals surface area contributed by atoms with Crippen molar-refractivity contribution in [2.75, 3.05) is 7.11 Å².